The van der Waals surface area contributed by atoms with Gasteiger partial charge in [-0.3, -0.25) is 0 Å². The van der Waals surface area contributed by atoms with Gasteiger partial charge in [0, 0.05) is 5.41 Å². The molecule has 0 spiro atoms. The molecule has 0 aliphatic heterocycles. The van der Waals surface area contributed by atoms with Gasteiger partial charge in [-0.2, -0.15) is 0 Å². The fourth-order valence-electron chi connectivity index (χ4n) is 2.66. The minimum Gasteiger partial charge on any atom is -0.0952 e. The fraction of sp³-hybridized carbons (Fsp3) is 0.294. The second-order valence-corrected chi connectivity index (χ2v) is 5.21. The van der Waals surface area contributed by atoms with E-state index in [0.717, 1.165) is 6.42 Å². The van der Waals surface area contributed by atoms with Crippen LogP contribution in [0.4, 0.5) is 0 Å². The summed E-state index contributed by atoms with van der Waals surface area (Å²) in [6, 6.07) is 10.4. The number of hydrogen-bond acceptors (Lipinski definition) is 0. The topological polar surface area (TPSA) is 0 Å². The molecule has 88 valence electrons. The average molecular weight is 224 g/mol. The van der Waals surface area contributed by atoms with Gasteiger partial charge in [-0.05, 0) is 42.6 Å². The SMILES string of the molecule is C=C(CC1(C)C(=C)C(C)=C1C)c1ccccc1. The van der Waals surface area contributed by atoms with E-state index in [2.05, 4.69) is 58.2 Å². The van der Waals surface area contributed by atoms with Gasteiger partial charge in [-0.1, -0.05) is 56.0 Å². The van der Waals surface area contributed by atoms with E-state index in [1.807, 2.05) is 6.07 Å². The van der Waals surface area contributed by atoms with Crippen LogP contribution in [0, 0.1) is 5.41 Å². The van der Waals surface area contributed by atoms with Crippen LogP contribution in [0.1, 0.15) is 32.8 Å². The molecule has 0 heterocycles. The fourth-order valence-corrected chi connectivity index (χ4v) is 2.66. The highest BCUT2D eigenvalue weighted by atomic mass is 14.4. The summed E-state index contributed by atoms with van der Waals surface area (Å²) in [5, 5.41) is 0. The highest BCUT2D eigenvalue weighted by molar-refractivity contribution is 5.67. The van der Waals surface area contributed by atoms with Crippen molar-refractivity contribution < 1.29 is 0 Å². The summed E-state index contributed by atoms with van der Waals surface area (Å²) in [5.41, 5.74) is 6.65. The van der Waals surface area contributed by atoms with Gasteiger partial charge in [-0.15, -0.1) is 0 Å². The summed E-state index contributed by atoms with van der Waals surface area (Å²) < 4.78 is 0. The predicted octanol–water partition coefficient (Wildman–Crippen LogP) is 5.00. The summed E-state index contributed by atoms with van der Waals surface area (Å²) in [6.07, 6.45) is 0.971. The van der Waals surface area contributed by atoms with E-state index in [0.29, 0.717) is 0 Å². The van der Waals surface area contributed by atoms with Crippen LogP contribution in [0.25, 0.3) is 5.57 Å². The molecule has 1 unspecified atom stereocenters. The quantitative estimate of drug-likeness (QED) is 0.677. The third-order valence-electron chi connectivity index (χ3n) is 4.26. The Morgan fingerprint density at radius 1 is 1.18 bits per heavy atom. The van der Waals surface area contributed by atoms with Crippen LogP contribution in [-0.4, -0.2) is 0 Å². The molecule has 0 radical (unpaired) electrons. The van der Waals surface area contributed by atoms with Gasteiger partial charge in [0.2, 0.25) is 0 Å². The lowest BCUT2D eigenvalue weighted by atomic mass is 9.60. The maximum Gasteiger partial charge on any atom is 0.0173 e. The normalized spacial score (nSPS) is 23.6. The molecule has 1 aliphatic carbocycles. The van der Waals surface area contributed by atoms with Crippen molar-refractivity contribution in [1.82, 2.24) is 0 Å². The molecule has 0 nitrogen and oxygen atoms in total. The molecular weight excluding hydrogens is 204 g/mol. The van der Waals surface area contributed by atoms with E-state index in [-0.39, 0.29) is 5.41 Å². The molecule has 0 N–H and O–H groups in total. The summed E-state index contributed by atoms with van der Waals surface area (Å²) >= 11 is 0. The van der Waals surface area contributed by atoms with Crippen LogP contribution in [0.2, 0.25) is 0 Å². The van der Waals surface area contributed by atoms with Crippen molar-refractivity contribution in [2.75, 3.05) is 0 Å². The van der Waals surface area contributed by atoms with Crippen molar-refractivity contribution in [3.63, 3.8) is 0 Å². The van der Waals surface area contributed by atoms with E-state index >= 15 is 0 Å². The van der Waals surface area contributed by atoms with Gasteiger partial charge in [-0.25, -0.2) is 0 Å². The Morgan fingerprint density at radius 2 is 1.76 bits per heavy atom. The zero-order valence-electron chi connectivity index (χ0n) is 11.0. The van der Waals surface area contributed by atoms with E-state index in [1.54, 1.807) is 0 Å². The van der Waals surface area contributed by atoms with Crippen molar-refractivity contribution in [2.45, 2.75) is 27.2 Å². The minimum atomic E-state index is 0.122. The number of rotatable bonds is 3. The van der Waals surface area contributed by atoms with Crippen LogP contribution in [-0.2, 0) is 0 Å². The van der Waals surface area contributed by atoms with Crippen molar-refractivity contribution in [2.24, 2.45) is 5.41 Å². The van der Waals surface area contributed by atoms with Crippen molar-refractivity contribution >= 4 is 5.57 Å². The predicted molar refractivity (Wildman–Crippen MR) is 75.7 cm³/mol. The molecular formula is C17H20. The Bertz CT molecular complexity index is 502. The smallest absolute Gasteiger partial charge is 0.0173 e. The van der Waals surface area contributed by atoms with Gasteiger partial charge >= 0.3 is 0 Å². The highest BCUT2D eigenvalue weighted by Crippen LogP contribution is 2.54. The Hall–Kier alpha value is -1.56. The molecule has 0 aromatic heterocycles. The molecule has 1 atom stereocenters. The van der Waals surface area contributed by atoms with Crippen LogP contribution < -0.4 is 0 Å². The molecule has 2 rings (SSSR count). The van der Waals surface area contributed by atoms with E-state index in [1.165, 1.54) is 27.9 Å². The lowest BCUT2D eigenvalue weighted by Gasteiger charge is -2.44. The molecule has 1 aliphatic rings. The third kappa shape index (κ3) is 1.78. The van der Waals surface area contributed by atoms with Crippen molar-refractivity contribution in [1.29, 1.82) is 0 Å². The zero-order valence-corrected chi connectivity index (χ0v) is 11.0. The second kappa shape index (κ2) is 4.03. The lowest BCUT2D eigenvalue weighted by molar-refractivity contribution is 0.453. The molecule has 17 heavy (non-hydrogen) atoms. The van der Waals surface area contributed by atoms with Gasteiger partial charge in [0.1, 0.15) is 0 Å². The molecule has 0 bridgehead atoms. The van der Waals surface area contributed by atoms with Crippen LogP contribution in [0.5, 0.6) is 0 Å². The third-order valence-corrected chi connectivity index (χ3v) is 4.26. The Labute approximate surface area is 104 Å². The van der Waals surface area contributed by atoms with Crippen LogP contribution >= 0.6 is 0 Å². The Kier molecular flexibility index (Phi) is 2.82. The number of allylic oxidation sites excluding steroid dienone is 4. The number of hydrogen-bond donors (Lipinski definition) is 0. The standard InChI is InChI=1S/C17H20/c1-12(16-9-7-6-8-10-16)11-17(5)14(3)13(2)15(17)4/h6-10H,1,3,11H2,2,4-5H3. The van der Waals surface area contributed by atoms with Gasteiger partial charge in [0.05, 0.1) is 0 Å². The second-order valence-electron chi connectivity index (χ2n) is 5.21. The van der Waals surface area contributed by atoms with E-state index in [4.69, 9.17) is 0 Å². The molecule has 1 aromatic rings. The maximum atomic E-state index is 4.22. The summed E-state index contributed by atoms with van der Waals surface area (Å²) in [7, 11) is 0. The van der Waals surface area contributed by atoms with Gasteiger partial charge < -0.3 is 0 Å². The zero-order chi connectivity index (χ0) is 12.6. The maximum absolute atomic E-state index is 4.22. The summed E-state index contributed by atoms with van der Waals surface area (Å²) in [4.78, 5) is 0. The first kappa shape index (κ1) is 11.9. The van der Waals surface area contributed by atoms with Crippen LogP contribution in [0.15, 0.2) is 60.2 Å². The van der Waals surface area contributed by atoms with E-state index in [9.17, 15) is 0 Å². The first-order valence-electron chi connectivity index (χ1n) is 6.07. The molecule has 0 saturated heterocycles. The monoisotopic (exact) mass is 224 g/mol. The Morgan fingerprint density at radius 3 is 2.29 bits per heavy atom. The first-order valence-corrected chi connectivity index (χ1v) is 6.07. The average Bonchev–Trinajstić information content (AvgIpc) is 2.37. The van der Waals surface area contributed by atoms with E-state index < -0.39 is 0 Å². The molecule has 0 heteroatoms. The lowest BCUT2D eigenvalue weighted by Crippen LogP contribution is -2.31. The summed E-state index contributed by atoms with van der Waals surface area (Å²) in [5.74, 6) is 0. The van der Waals surface area contributed by atoms with Gasteiger partial charge in [0.15, 0.2) is 0 Å². The molecule has 0 fully saturated rings. The molecule has 1 aromatic carbocycles. The first-order chi connectivity index (χ1) is 7.97. The van der Waals surface area contributed by atoms with Crippen molar-refractivity contribution in [3.8, 4) is 0 Å². The minimum absolute atomic E-state index is 0.122. The molecule has 0 saturated carbocycles. The van der Waals surface area contributed by atoms with Gasteiger partial charge in [0.25, 0.3) is 0 Å². The molecule has 0 amide bonds. The Balaban J connectivity index is 2.20. The van der Waals surface area contributed by atoms with Crippen LogP contribution in [0.3, 0.4) is 0 Å². The summed E-state index contributed by atoms with van der Waals surface area (Å²) in [6.45, 7) is 15.1. The van der Waals surface area contributed by atoms with Crippen molar-refractivity contribution in [3.05, 3.63) is 65.8 Å². The highest BCUT2D eigenvalue weighted by Gasteiger charge is 2.40. The largest absolute Gasteiger partial charge is 0.0952 e. The number of benzene rings is 1.